The predicted molar refractivity (Wildman–Crippen MR) is 96.6 cm³/mol. The van der Waals surface area contributed by atoms with Crippen LogP contribution in [-0.2, 0) is 10.0 Å². The van der Waals surface area contributed by atoms with Crippen LogP contribution < -0.4 is 9.57 Å². The molecule has 2 rings (SSSR count). The van der Waals surface area contributed by atoms with Crippen LogP contribution in [0.4, 0.5) is 0 Å². The first-order valence-electron chi connectivity index (χ1n) is 7.08. The molecule has 1 N–H and O–H groups in total. The maximum atomic E-state index is 12.3. The number of hydrogen-bond acceptors (Lipinski definition) is 4. The van der Waals surface area contributed by atoms with Gasteiger partial charge in [-0.15, -0.1) is 0 Å². The molecule has 5 nitrogen and oxygen atoms in total. The highest BCUT2D eigenvalue weighted by atomic mass is 35.5. The third kappa shape index (κ3) is 4.63. The fraction of sp³-hybridized carbons (Fsp3) is 0.188. The van der Waals surface area contributed by atoms with Crippen LogP contribution in [0.25, 0.3) is 0 Å². The van der Waals surface area contributed by atoms with Crippen LogP contribution in [0.2, 0.25) is 10.0 Å². The van der Waals surface area contributed by atoms with Crippen molar-refractivity contribution in [2.24, 2.45) is 5.10 Å². The van der Waals surface area contributed by atoms with E-state index in [0.29, 0.717) is 33.7 Å². The lowest BCUT2D eigenvalue weighted by atomic mass is 10.1. The van der Waals surface area contributed by atoms with Gasteiger partial charge in [0.05, 0.1) is 27.3 Å². The molecule has 0 aromatic heterocycles. The number of hydrazone groups is 1. The normalized spacial score (nSPS) is 12.1. The fourth-order valence-corrected chi connectivity index (χ4v) is 3.00. The van der Waals surface area contributed by atoms with E-state index in [4.69, 9.17) is 27.9 Å². The Kier molecular flexibility index (Phi) is 6.10. The molecule has 24 heavy (non-hydrogen) atoms. The summed E-state index contributed by atoms with van der Waals surface area (Å²) in [6.07, 6.45) is 0. The summed E-state index contributed by atoms with van der Waals surface area (Å²) in [5.74, 6) is 0.604. The molecule has 0 aliphatic heterocycles. The van der Waals surface area contributed by atoms with Crippen molar-refractivity contribution >= 4 is 38.9 Å². The Morgan fingerprint density at radius 3 is 2.38 bits per heavy atom. The van der Waals surface area contributed by atoms with Gasteiger partial charge in [0.1, 0.15) is 5.75 Å². The van der Waals surface area contributed by atoms with Gasteiger partial charge in [-0.2, -0.15) is 18.4 Å². The molecule has 0 amide bonds. The minimum Gasteiger partial charge on any atom is -0.494 e. The second kappa shape index (κ2) is 7.88. The Morgan fingerprint density at radius 2 is 1.79 bits per heavy atom. The van der Waals surface area contributed by atoms with E-state index in [0.717, 1.165) is 0 Å². The molecular formula is C16H16Cl2N2O3S. The summed E-state index contributed by atoms with van der Waals surface area (Å²) in [6, 6.07) is 11.0. The average Bonchev–Trinajstić information content (AvgIpc) is 2.56. The summed E-state index contributed by atoms with van der Waals surface area (Å²) >= 11 is 11.8. The van der Waals surface area contributed by atoms with Gasteiger partial charge in [-0.05, 0) is 55.8 Å². The quantitative estimate of drug-likeness (QED) is 0.600. The van der Waals surface area contributed by atoms with Gasteiger partial charge in [0.2, 0.25) is 0 Å². The van der Waals surface area contributed by atoms with Crippen LogP contribution in [0.1, 0.15) is 19.4 Å². The van der Waals surface area contributed by atoms with E-state index in [2.05, 4.69) is 9.93 Å². The Hall–Kier alpha value is -1.76. The highest BCUT2D eigenvalue weighted by Crippen LogP contribution is 2.23. The summed E-state index contributed by atoms with van der Waals surface area (Å²) in [4.78, 5) is 2.30. The molecule has 0 unspecified atom stereocenters. The number of ether oxygens (including phenoxy) is 1. The molecule has 0 fully saturated rings. The van der Waals surface area contributed by atoms with Gasteiger partial charge in [0.25, 0.3) is 10.0 Å². The number of halogens is 2. The molecule has 128 valence electrons. The Bertz CT molecular complexity index is 850. The van der Waals surface area contributed by atoms with Crippen LogP contribution in [0.5, 0.6) is 5.75 Å². The molecule has 0 saturated heterocycles. The molecule has 0 saturated carbocycles. The van der Waals surface area contributed by atoms with Crippen LogP contribution in [0.3, 0.4) is 0 Å². The van der Waals surface area contributed by atoms with Gasteiger partial charge in [0, 0.05) is 0 Å². The fourth-order valence-electron chi connectivity index (χ4n) is 1.85. The van der Waals surface area contributed by atoms with E-state index in [1.807, 2.05) is 6.92 Å². The van der Waals surface area contributed by atoms with Gasteiger partial charge in [-0.1, -0.05) is 29.3 Å². The van der Waals surface area contributed by atoms with Crippen LogP contribution >= 0.6 is 23.2 Å². The molecule has 0 atom stereocenters. The van der Waals surface area contributed by atoms with Crippen molar-refractivity contribution in [2.45, 2.75) is 18.7 Å². The first-order valence-corrected chi connectivity index (χ1v) is 9.32. The molecule has 0 bridgehead atoms. The van der Waals surface area contributed by atoms with Crippen LogP contribution in [0, 0.1) is 0 Å². The van der Waals surface area contributed by atoms with E-state index < -0.39 is 10.0 Å². The smallest absolute Gasteiger partial charge is 0.276 e. The number of hydrogen-bond donors (Lipinski definition) is 1. The molecule has 0 spiro atoms. The molecule has 8 heteroatoms. The summed E-state index contributed by atoms with van der Waals surface area (Å²) < 4.78 is 29.8. The molecule has 0 heterocycles. The van der Waals surface area contributed by atoms with E-state index in [1.165, 1.54) is 12.1 Å². The van der Waals surface area contributed by atoms with Crippen molar-refractivity contribution in [3.05, 3.63) is 58.1 Å². The summed E-state index contributed by atoms with van der Waals surface area (Å²) in [5, 5.41) is 4.71. The van der Waals surface area contributed by atoms with E-state index in [-0.39, 0.29) is 4.90 Å². The first-order chi connectivity index (χ1) is 11.3. The topological polar surface area (TPSA) is 67.8 Å². The number of benzene rings is 2. The Balaban J connectivity index is 2.17. The van der Waals surface area contributed by atoms with Crippen molar-refractivity contribution in [1.82, 2.24) is 4.83 Å². The lowest BCUT2D eigenvalue weighted by Gasteiger charge is -2.07. The highest BCUT2D eigenvalue weighted by molar-refractivity contribution is 7.89. The Morgan fingerprint density at radius 1 is 1.12 bits per heavy atom. The predicted octanol–water partition coefficient (Wildman–Crippen LogP) is 4.09. The summed E-state index contributed by atoms with van der Waals surface area (Å²) in [6.45, 7) is 4.03. The minimum absolute atomic E-state index is 0.0941. The molecule has 2 aromatic carbocycles. The van der Waals surface area contributed by atoms with Crippen LogP contribution in [0.15, 0.2) is 52.5 Å². The standard InChI is InChI=1S/C16H16Cl2N2O3S/c1-3-23-13-5-7-14(8-6-13)24(21,22)20-19-11(2)12-4-9-15(17)16(18)10-12/h4-10,20H,3H2,1-2H3. The number of rotatable bonds is 6. The molecule has 0 aliphatic carbocycles. The second-order valence-corrected chi connectivity index (χ2v) is 7.30. The number of sulfonamides is 1. The number of nitrogens with zero attached hydrogens (tertiary/aromatic N) is 1. The van der Waals surface area contributed by atoms with Gasteiger partial charge < -0.3 is 4.74 Å². The van der Waals surface area contributed by atoms with Crippen LogP contribution in [-0.4, -0.2) is 20.7 Å². The summed E-state index contributed by atoms with van der Waals surface area (Å²) in [7, 11) is -3.77. The first kappa shape index (κ1) is 18.6. The Labute approximate surface area is 151 Å². The van der Waals surface area contributed by atoms with Gasteiger partial charge in [-0.3, -0.25) is 0 Å². The number of nitrogens with one attached hydrogen (secondary N) is 1. The van der Waals surface area contributed by atoms with E-state index in [1.54, 1.807) is 37.3 Å². The summed E-state index contributed by atoms with van der Waals surface area (Å²) in [5.41, 5.74) is 1.13. The van der Waals surface area contributed by atoms with Crippen molar-refractivity contribution in [3.63, 3.8) is 0 Å². The van der Waals surface area contributed by atoms with Gasteiger partial charge in [-0.25, -0.2) is 0 Å². The monoisotopic (exact) mass is 386 g/mol. The molecule has 2 aromatic rings. The van der Waals surface area contributed by atoms with Gasteiger partial charge >= 0.3 is 0 Å². The van der Waals surface area contributed by atoms with E-state index in [9.17, 15) is 8.42 Å². The highest BCUT2D eigenvalue weighted by Gasteiger charge is 2.13. The zero-order valence-corrected chi connectivity index (χ0v) is 15.4. The third-order valence-corrected chi connectivity index (χ3v) is 5.08. The third-order valence-electron chi connectivity index (χ3n) is 3.12. The van der Waals surface area contributed by atoms with Crippen molar-refractivity contribution in [1.29, 1.82) is 0 Å². The van der Waals surface area contributed by atoms with Crippen molar-refractivity contribution in [2.75, 3.05) is 6.61 Å². The minimum atomic E-state index is -3.77. The maximum Gasteiger partial charge on any atom is 0.276 e. The average molecular weight is 387 g/mol. The zero-order valence-electron chi connectivity index (χ0n) is 13.1. The van der Waals surface area contributed by atoms with Crippen molar-refractivity contribution in [3.8, 4) is 5.75 Å². The molecule has 0 aliphatic rings. The largest absolute Gasteiger partial charge is 0.494 e. The molecule has 0 radical (unpaired) electrons. The second-order valence-electron chi connectivity index (χ2n) is 4.83. The zero-order chi connectivity index (χ0) is 17.7. The lowest BCUT2D eigenvalue weighted by molar-refractivity contribution is 0.340. The van der Waals surface area contributed by atoms with E-state index >= 15 is 0 Å². The SMILES string of the molecule is CCOc1ccc(S(=O)(=O)NN=C(C)c2ccc(Cl)c(Cl)c2)cc1. The maximum absolute atomic E-state index is 12.3. The van der Waals surface area contributed by atoms with Crippen molar-refractivity contribution < 1.29 is 13.2 Å². The molecular weight excluding hydrogens is 371 g/mol. The van der Waals surface area contributed by atoms with Gasteiger partial charge in [0.15, 0.2) is 0 Å². The lowest BCUT2D eigenvalue weighted by Crippen LogP contribution is -2.20.